The van der Waals surface area contributed by atoms with E-state index in [1.165, 1.54) is 0 Å². The Kier molecular flexibility index (Phi) is 7.03. The van der Waals surface area contributed by atoms with Crippen LogP contribution in [0.3, 0.4) is 0 Å². The summed E-state index contributed by atoms with van der Waals surface area (Å²) in [6.07, 6.45) is 1.04. The number of ether oxygens (including phenoxy) is 1. The molecule has 0 fully saturated rings. The molecule has 0 saturated heterocycles. The lowest BCUT2D eigenvalue weighted by Gasteiger charge is -2.10. The van der Waals surface area contributed by atoms with E-state index >= 15 is 0 Å². The molecule has 30 heavy (non-hydrogen) atoms. The van der Waals surface area contributed by atoms with E-state index in [1.54, 1.807) is 42.6 Å². The van der Waals surface area contributed by atoms with Gasteiger partial charge in [-0.15, -0.1) is 0 Å². The molecule has 0 saturated carbocycles. The van der Waals surface area contributed by atoms with E-state index in [9.17, 15) is 9.59 Å². The molecule has 154 valence electrons. The largest absolute Gasteiger partial charge is 0.444 e. The standard InChI is InChI=1S/C23H22ClN3O3/c1-15-11-16(2)25-13-21(15)22(28)26-12-17-5-9-20(10-6-17)27-23(29)30-14-18-3-7-19(24)8-4-18/h3-11,13H,12,14H2,1-2H3,(H,26,28)(H,27,29). The second kappa shape index (κ2) is 9.89. The topological polar surface area (TPSA) is 80.3 Å². The third-order valence-electron chi connectivity index (χ3n) is 4.43. The number of halogens is 1. The van der Waals surface area contributed by atoms with Crippen molar-refractivity contribution >= 4 is 29.3 Å². The van der Waals surface area contributed by atoms with Crippen molar-refractivity contribution in [1.29, 1.82) is 0 Å². The molecule has 0 spiro atoms. The van der Waals surface area contributed by atoms with Crippen molar-refractivity contribution < 1.29 is 14.3 Å². The van der Waals surface area contributed by atoms with Gasteiger partial charge in [0, 0.05) is 29.1 Å². The Balaban J connectivity index is 1.47. The minimum atomic E-state index is -0.548. The number of hydrogen-bond acceptors (Lipinski definition) is 4. The second-order valence-electron chi connectivity index (χ2n) is 6.85. The molecule has 1 aromatic heterocycles. The zero-order chi connectivity index (χ0) is 21.5. The van der Waals surface area contributed by atoms with Crippen LogP contribution in [0.5, 0.6) is 0 Å². The van der Waals surface area contributed by atoms with Crippen molar-refractivity contribution in [2.24, 2.45) is 0 Å². The van der Waals surface area contributed by atoms with Gasteiger partial charge in [-0.25, -0.2) is 4.79 Å². The molecule has 2 amide bonds. The van der Waals surface area contributed by atoms with Gasteiger partial charge in [-0.3, -0.25) is 15.1 Å². The number of aryl methyl sites for hydroxylation is 2. The van der Waals surface area contributed by atoms with Crippen LogP contribution in [0.1, 0.15) is 32.7 Å². The number of carbonyl (C=O) groups is 2. The molecule has 3 aromatic rings. The maximum Gasteiger partial charge on any atom is 0.411 e. The summed E-state index contributed by atoms with van der Waals surface area (Å²) in [6.45, 7) is 4.29. The Morgan fingerprint density at radius 1 is 1.00 bits per heavy atom. The molecule has 0 aliphatic rings. The molecule has 0 radical (unpaired) electrons. The maximum atomic E-state index is 12.3. The normalized spacial score (nSPS) is 10.4. The molecule has 1 heterocycles. The zero-order valence-electron chi connectivity index (χ0n) is 16.7. The van der Waals surface area contributed by atoms with E-state index in [4.69, 9.17) is 16.3 Å². The highest BCUT2D eigenvalue weighted by Gasteiger charge is 2.10. The van der Waals surface area contributed by atoms with Gasteiger partial charge in [0.05, 0.1) is 5.56 Å². The van der Waals surface area contributed by atoms with E-state index in [-0.39, 0.29) is 12.5 Å². The fraction of sp³-hybridized carbons (Fsp3) is 0.174. The van der Waals surface area contributed by atoms with Gasteiger partial charge in [0.1, 0.15) is 6.61 Å². The van der Waals surface area contributed by atoms with Crippen molar-refractivity contribution in [2.75, 3.05) is 5.32 Å². The van der Waals surface area contributed by atoms with Crippen LogP contribution in [0.4, 0.5) is 10.5 Å². The van der Waals surface area contributed by atoms with Crippen molar-refractivity contribution in [1.82, 2.24) is 10.3 Å². The first kappa shape index (κ1) is 21.3. The first-order valence-corrected chi connectivity index (χ1v) is 9.77. The van der Waals surface area contributed by atoms with Crippen LogP contribution >= 0.6 is 11.6 Å². The summed E-state index contributed by atoms with van der Waals surface area (Å²) in [5.41, 5.74) is 4.67. The molecule has 6 nitrogen and oxygen atoms in total. The Labute approximate surface area is 180 Å². The highest BCUT2D eigenvalue weighted by molar-refractivity contribution is 6.30. The summed E-state index contributed by atoms with van der Waals surface area (Å²) < 4.78 is 5.19. The number of hydrogen-bond donors (Lipinski definition) is 2. The lowest BCUT2D eigenvalue weighted by Crippen LogP contribution is -2.24. The number of carbonyl (C=O) groups excluding carboxylic acids is 2. The Hall–Kier alpha value is -3.38. The molecule has 2 aromatic carbocycles. The van der Waals surface area contributed by atoms with E-state index < -0.39 is 6.09 Å². The maximum absolute atomic E-state index is 12.3. The molecule has 0 bridgehead atoms. The second-order valence-corrected chi connectivity index (χ2v) is 7.28. The Bertz CT molecular complexity index is 1030. The summed E-state index contributed by atoms with van der Waals surface area (Å²) in [4.78, 5) is 28.5. The van der Waals surface area contributed by atoms with Crippen molar-refractivity contribution in [2.45, 2.75) is 27.0 Å². The Morgan fingerprint density at radius 2 is 1.67 bits per heavy atom. The van der Waals surface area contributed by atoms with Crippen LogP contribution in [-0.4, -0.2) is 17.0 Å². The first-order valence-electron chi connectivity index (χ1n) is 9.39. The summed E-state index contributed by atoms with van der Waals surface area (Å²) in [6, 6.07) is 16.1. The zero-order valence-corrected chi connectivity index (χ0v) is 17.5. The fourth-order valence-electron chi connectivity index (χ4n) is 2.80. The number of amides is 2. The number of nitrogens with one attached hydrogen (secondary N) is 2. The van der Waals surface area contributed by atoms with Gasteiger partial charge in [0.2, 0.25) is 0 Å². The van der Waals surface area contributed by atoms with Gasteiger partial charge >= 0.3 is 6.09 Å². The SMILES string of the molecule is Cc1cc(C)c(C(=O)NCc2ccc(NC(=O)OCc3ccc(Cl)cc3)cc2)cn1. The van der Waals surface area contributed by atoms with Crippen molar-refractivity contribution in [3.63, 3.8) is 0 Å². The molecular weight excluding hydrogens is 402 g/mol. The van der Waals surface area contributed by atoms with Gasteiger partial charge in [-0.1, -0.05) is 35.9 Å². The number of nitrogens with zero attached hydrogens (tertiary/aromatic N) is 1. The molecule has 7 heteroatoms. The van der Waals surface area contributed by atoms with Crippen LogP contribution in [0.25, 0.3) is 0 Å². The smallest absolute Gasteiger partial charge is 0.411 e. The van der Waals surface area contributed by atoms with Crippen molar-refractivity contribution in [3.05, 3.63) is 93.8 Å². The monoisotopic (exact) mass is 423 g/mol. The number of benzene rings is 2. The van der Waals surface area contributed by atoms with Gasteiger partial charge in [0.25, 0.3) is 5.91 Å². The summed E-state index contributed by atoms with van der Waals surface area (Å²) in [7, 11) is 0. The van der Waals surface area contributed by atoms with Gasteiger partial charge in [0.15, 0.2) is 0 Å². The fourth-order valence-corrected chi connectivity index (χ4v) is 2.93. The first-order chi connectivity index (χ1) is 14.4. The molecule has 0 atom stereocenters. The molecule has 2 N–H and O–H groups in total. The number of pyridine rings is 1. The Morgan fingerprint density at radius 3 is 2.33 bits per heavy atom. The van der Waals surface area contributed by atoms with E-state index in [1.807, 2.05) is 32.0 Å². The number of aromatic nitrogens is 1. The van der Waals surface area contributed by atoms with Crippen LogP contribution in [0, 0.1) is 13.8 Å². The average Bonchev–Trinajstić information content (AvgIpc) is 2.72. The lowest BCUT2D eigenvalue weighted by molar-refractivity contribution is 0.0950. The molecule has 0 unspecified atom stereocenters. The molecule has 0 aliphatic carbocycles. The third kappa shape index (κ3) is 6.06. The van der Waals surface area contributed by atoms with Crippen molar-refractivity contribution in [3.8, 4) is 0 Å². The van der Waals surface area contributed by atoms with Crippen LogP contribution in [0.15, 0.2) is 60.8 Å². The van der Waals surface area contributed by atoms with E-state index in [0.29, 0.717) is 22.8 Å². The molecule has 3 rings (SSSR count). The predicted octanol–water partition coefficient (Wildman–Crippen LogP) is 5.03. The van der Waals surface area contributed by atoms with E-state index in [0.717, 1.165) is 22.4 Å². The highest BCUT2D eigenvalue weighted by atomic mass is 35.5. The van der Waals surface area contributed by atoms with Crippen LogP contribution in [0.2, 0.25) is 5.02 Å². The van der Waals surface area contributed by atoms with Crippen LogP contribution < -0.4 is 10.6 Å². The van der Waals surface area contributed by atoms with Gasteiger partial charge < -0.3 is 10.1 Å². The number of anilines is 1. The number of rotatable bonds is 6. The average molecular weight is 424 g/mol. The third-order valence-corrected chi connectivity index (χ3v) is 4.68. The lowest BCUT2D eigenvalue weighted by atomic mass is 10.1. The molecule has 0 aliphatic heterocycles. The molecular formula is C23H22ClN3O3. The van der Waals surface area contributed by atoms with Gasteiger partial charge in [-0.2, -0.15) is 0 Å². The van der Waals surface area contributed by atoms with E-state index in [2.05, 4.69) is 15.6 Å². The minimum Gasteiger partial charge on any atom is -0.444 e. The summed E-state index contributed by atoms with van der Waals surface area (Å²) in [5.74, 6) is -0.173. The van der Waals surface area contributed by atoms with Gasteiger partial charge in [-0.05, 0) is 60.9 Å². The summed E-state index contributed by atoms with van der Waals surface area (Å²) >= 11 is 5.83. The summed E-state index contributed by atoms with van der Waals surface area (Å²) in [5, 5.41) is 6.18. The minimum absolute atomic E-state index is 0.153. The quantitative estimate of drug-likeness (QED) is 0.582. The highest BCUT2D eigenvalue weighted by Crippen LogP contribution is 2.13. The predicted molar refractivity (Wildman–Crippen MR) is 117 cm³/mol. The van der Waals surface area contributed by atoms with Crippen LogP contribution in [-0.2, 0) is 17.9 Å².